The van der Waals surface area contributed by atoms with Gasteiger partial charge in [0.25, 0.3) is 0 Å². The van der Waals surface area contributed by atoms with E-state index in [9.17, 15) is 45.6 Å². The molecule has 0 radical (unpaired) electrons. The summed E-state index contributed by atoms with van der Waals surface area (Å²) in [7, 11) is 0. The molecule has 14 heteroatoms. The minimum atomic E-state index is -1.79. The van der Waals surface area contributed by atoms with E-state index >= 15 is 0 Å². The van der Waals surface area contributed by atoms with Gasteiger partial charge in [-0.05, 0) is 64.2 Å². The van der Waals surface area contributed by atoms with Crippen molar-refractivity contribution in [1.29, 1.82) is 0 Å². The molecule has 0 aromatic carbocycles. The number of carbonyl (C=O) groups is 1. The topological polar surface area (TPSA) is 228 Å². The van der Waals surface area contributed by atoms with E-state index in [2.05, 4.69) is 79.9 Å². The summed E-state index contributed by atoms with van der Waals surface area (Å²) in [5, 5.41) is 87.2. The van der Waals surface area contributed by atoms with Crippen LogP contribution in [-0.2, 0) is 23.7 Å². The van der Waals surface area contributed by atoms with Crippen molar-refractivity contribution in [3.05, 3.63) is 72.9 Å². The standard InChI is InChI=1S/C63H111NO13/c1-3-5-7-9-11-13-15-17-19-21-23-24-25-26-27-28-29-31-33-35-37-39-41-43-45-47-55(68)64-51(52(67)46-44-42-40-38-36-34-32-30-22-20-18-16-14-12-10-8-6-4-2)50-74-62-60(73)58(71)61(54(49-66)76-62)77-63-59(72)57(70)56(69)53(48-65)75-63/h5,7,11,13,17,19,23-24,26-27,44,46,51-54,56-63,65-67,69-73H,3-4,6,8-10,12,14-16,18,20-22,25,28-43,45,47-50H2,1-2H3,(H,64,68)/b7-5-,13-11-,19-17-,24-23-,27-26-,46-44+. The number of allylic oxidation sites excluding steroid dienone is 11. The number of aliphatic hydroxyl groups is 8. The molecular weight excluding hydrogens is 979 g/mol. The molecule has 2 saturated heterocycles. The lowest BCUT2D eigenvalue weighted by Crippen LogP contribution is -2.65. The van der Waals surface area contributed by atoms with Crippen LogP contribution in [0.4, 0.5) is 0 Å². The molecule has 446 valence electrons. The third kappa shape index (κ3) is 33.7. The Kier molecular flexibility index (Phi) is 44.1. The largest absolute Gasteiger partial charge is 0.394 e. The van der Waals surface area contributed by atoms with E-state index in [0.29, 0.717) is 6.42 Å². The van der Waals surface area contributed by atoms with Crippen molar-refractivity contribution in [2.45, 2.75) is 299 Å². The monoisotopic (exact) mass is 1090 g/mol. The lowest BCUT2D eigenvalue weighted by atomic mass is 9.97. The first kappa shape index (κ1) is 70.5. The minimum absolute atomic E-state index is 0.247. The van der Waals surface area contributed by atoms with Gasteiger partial charge in [-0.2, -0.15) is 0 Å². The molecule has 1 amide bonds. The zero-order valence-corrected chi connectivity index (χ0v) is 47.9. The Bertz CT molecular complexity index is 1570. The Labute approximate surface area is 466 Å². The van der Waals surface area contributed by atoms with Crippen molar-refractivity contribution in [3.8, 4) is 0 Å². The van der Waals surface area contributed by atoms with Crippen LogP contribution in [0, 0.1) is 0 Å². The van der Waals surface area contributed by atoms with Crippen molar-refractivity contribution in [2.24, 2.45) is 0 Å². The van der Waals surface area contributed by atoms with E-state index in [1.807, 2.05) is 6.08 Å². The van der Waals surface area contributed by atoms with Crippen LogP contribution in [0.25, 0.3) is 0 Å². The fourth-order valence-corrected chi connectivity index (χ4v) is 9.73. The van der Waals surface area contributed by atoms with Crippen LogP contribution in [0.1, 0.15) is 226 Å². The third-order valence-electron chi connectivity index (χ3n) is 14.6. The van der Waals surface area contributed by atoms with E-state index in [-0.39, 0.29) is 18.9 Å². The van der Waals surface area contributed by atoms with Crippen molar-refractivity contribution >= 4 is 5.91 Å². The number of aliphatic hydroxyl groups excluding tert-OH is 8. The van der Waals surface area contributed by atoms with Gasteiger partial charge in [0.15, 0.2) is 12.6 Å². The molecule has 0 aromatic rings. The van der Waals surface area contributed by atoms with Crippen LogP contribution >= 0.6 is 0 Å². The first-order chi connectivity index (χ1) is 37.6. The maximum Gasteiger partial charge on any atom is 0.220 e. The molecule has 0 bridgehead atoms. The highest BCUT2D eigenvalue weighted by atomic mass is 16.7. The molecule has 77 heavy (non-hydrogen) atoms. The second-order valence-electron chi connectivity index (χ2n) is 21.5. The number of unbranched alkanes of at least 4 members (excludes halogenated alkanes) is 25. The number of hydrogen-bond donors (Lipinski definition) is 9. The first-order valence-electron chi connectivity index (χ1n) is 30.7. The normalized spacial score (nSPS) is 25.2. The second kappa shape index (κ2) is 48.2. The SMILES string of the molecule is CC/C=C\C/C=C\C/C=C\C/C=C\C/C=C\CCCCCCCCCCCC(=O)NC(COC1OC(CO)C(OC2OC(CO)C(O)C(O)C2O)C(O)C1O)C(O)/C=C/CCCCCCCCCCCCCCCCCC. The zero-order valence-electron chi connectivity index (χ0n) is 47.9. The smallest absolute Gasteiger partial charge is 0.220 e. The van der Waals surface area contributed by atoms with Crippen molar-refractivity contribution in [3.63, 3.8) is 0 Å². The lowest BCUT2D eigenvalue weighted by Gasteiger charge is -2.46. The molecule has 0 spiro atoms. The quantitative estimate of drug-likeness (QED) is 0.0204. The molecule has 12 atom stereocenters. The van der Waals surface area contributed by atoms with Crippen molar-refractivity contribution in [1.82, 2.24) is 5.32 Å². The van der Waals surface area contributed by atoms with Crippen molar-refractivity contribution in [2.75, 3.05) is 19.8 Å². The molecule has 2 aliphatic heterocycles. The van der Waals surface area contributed by atoms with E-state index < -0.39 is 86.8 Å². The van der Waals surface area contributed by atoms with E-state index in [1.165, 1.54) is 122 Å². The van der Waals surface area contributed by atoms with Crippen molar-refractivity contribution < 1.29 is 64.6 Å². The van der Waals surface area contributed by atoms with Gasteiger partial charge in [-0.1, -0.05) is 228 Å². The molecule has 2 rings (SSSR count). The predicted octanol–water partition coefficient (Wildman–Crippen LogP) is 10.7. The van der Waals surface area contributed by atoms with Gasteiger partial charge >= 0.3 is 0 Å². The van der Waals surface area contributed by atoms with Crippen LogP contribution in [0.3, 0.4) is 0 Å². The minimum Gasteiger partial charge on any atom is -0.394 e. The molecule has 12 unspecified atom stereocenters. The summed E-state index contributed by atoms with van der Waals surface area (Å²) in [6, 6.07) is -0.922. The Morgan fingerprint density at radius 2 is 0.896 bits per heavy atom. The molecule has 0 aliphatic carbocycles. The average Bonchev–Trinajstić information content (AvgIpc) is 3.44. The van der Waals surface area contributed by atoms with Gasteiger partial charge in [-0.15, -0.1) is 0 Å². The number of rotatable bonds is 48. The third-order valence-corrected chi connectivity index (χ3v) is 14.6. The Balaban J connectivity index is 1.75. The number of amides is 1. The maximum absolute atomic E-state index is 13.3. The number of carbonyl (C=O) groups excluding carboxylic acids is 1. The summed E-state index contributed by atoms with van der Waals surface area (Å²) in [5.74, 6) is -0.247. The second-order valence-corrected chi connectivity index (χ2v) is 21.5. The highest BCUT2D eigenvalue weighted by molar-refractivity contribution is 5.76. The molecule has 0 saturated carbocycles. The Morgan fingerprint density at radius 1 is 0.481 bits per heavy atom. The van der Waals surface area contributed by atoms with E-state index in [0.717, 1.165) is 77.0 Å². The molecule has 14 nitrogen and oxygen atoms in total. The fourth-order valence-electron chi connectivity index (χ4n) is 9.73. The highest BCUT2D eigenvalue weighted by Gasteiger charge is 2.51. The molecule has 9 N–H and O–H groups in total. The number of nitrogens with one attached hydrogen (secondary N) is 1. The molecule has 2 fully saturated rings. The van der Waals surface area contributed by atoms with Gasteiger partial charge in [0.2, 0.25) is 5.91 Å². The molecule has 2 heterocycles. The molecular formula is C63H111NO13. The van der Waals surface area contributed by atoms with Crippen LogP contribution in [-0.4, -0.2) is 140 Å². The zero-order chi connectivity index (χ0) is 56.0. The van der Waals surface area contributed by atoms with Crippen LogP contribution in [0.2, 0.25) is 0 Å². The van der Waals surface area contributed by atoms with Crippen LogP contribution < -0.4 is 5.32 Å². The summed E-state index contributed by atoms with van der Waals surface area (Å²) in [5.41, 5.74) is 0. The summed E-state index contributed by atoms with van der Waals surface area (Å²) < 4.78 is 22.8. The summed E-state index contributed by atoms with van der Waals surface area (Å²) in [4.78, 5) is 13.3. The van der Waals surface area contributed by atoms with Gasteiger partial charge in [-0.25, -0.2) is 0 Å². The van der Waals surface area contributed by atoms with Gasteiger partial charge in [0.05, 0.1) is 32.0 Å². The van der Waals surface area contributed by atoms with Gasteiger partial charge in [0.1, 0.15) is 48.8 Å². The van der Waals surface area contributed by atoms with E-state index in [1.54, 1.807) is 6.08 Å². The van der Waals surface area contributed by atoms with Gasteiger partial charge in [0, 0.05) is 6.42 Å². The Morgan fingerprint density at radius 3 is 1.38 bits per heavy atom. The van der Waals surface area contributed by atoms with Gasteiger partial charge < -0.3 is 65.1 Å². The van der Waals surface area contributed by atoms with Crippen LogP contribution in [0.5, 0.6) is 0 Å². The summed E-state index contributed by atoms with van der Waals surface area (Å²) in [6.07, 6.45) is 46.4. The predicted molar refractivity (Wildman–Crippen MR) is 309 cm³/mol. The Hall–Kier alpha value is -2.57. The van der Waals surface area contributed by atoms with Gasteiger partial charge in [-0.3, -0.25) is 4.79 Å². The molecule has 0 aromatic heterocycles. The fraction of sp³-hybridized carbons (Fsp3) is 0.794. The summed E-state index contributed by atoms with van der Waals surface area (Å²) >= 11 is 0. The van der Waals surface area contributed by atoms with E-state index in [4.69, 9.17) is 18.9 Å². The summed E-state index contributed by atoms with van der Waals surface area (Å²) in [6.45, 7) is 2.69. The molecule has 2 aliphatic rings. The number of ether oxygens (including phenoxy) is 4. The highest BCUT2D eigenvalue weighted by Crippen LogP contribution is 2.30. The number of hydrogen-bond acceptors (Lipinski definition) is 13. The first-order valence-corrected chi connectivity index (χ1v) is 30.7. The lowest BCUT2D eigenvalue weighted by molar-refractivity contribution is -0.359. The van der Waals surface area contributed by atoms with Crippen LogP contribution in [0.15, 0.2) is 72.9 Å². The average molecular weight is 1090 g/mol. The maximum atomic E-state index is 13.3.